The van der Waals surface area contributed by atoms with Gasteiger partial charge in [-0.25, -0.2) is 8.42 Å². The molecule has 1 atom stereocenters. The van der Waals surface area contributed by atoms with Crippen molar-refractivity contribution in [1.29, 1.82) is 0 Å². The van der Waals surface area contributed by atoms with Crippen LogP contribution in [0, 0.1) is 5.92 Å². The van der Waals surface area contributed by atoms with Crippen LogP contribution in [-0.2, 0) is 29.0 Å². The number of carbonyl (C=O) groups excluding carboxylic acids is 1. The van der Waals surface area contributed by atoms with E-state index in [1.807, 2.05) is 0 Å². The first-order chi connectivity index (χ1) is 12.5. The standard InChI is InChI=1S/C17H17F3N2O3S2/c1-9-2-7-12-13(8-9)26-16(14(12)15(21)23)22-27(24,25)11-5-3-10(4-6-11)17(18,19)20/h3-6,9,22H,2,7-8H2,1H3,(H2,21,23). The van der Waals surface area contributed by atoms with Gasteiger partial charge in [0.1, 0.15) is 5.00 Å². The number of hydrogen-bond acceptors (Lipinski definition) is 4. The lowest BCUT2D eigenvalue weighted by atomic mass is 9.88. The molecule has 10 heteroatoms. The maximum absolute atomic E-state index is 12.7. The summed E-state index contributed by atoms with van der Waals surface area (Å²) in [6.45, 7) is 2.07. The van der Waals surface area contributed by atoms with Gasteiger partial charge in [0, 0.05) is 4.88 Å². The van der Waals surface area contributed by atoms with Crippen LogP contribution >= 0.6 is 11.3 Å². The van der Waals surface area contributed by atoms with Gasteiger partial charge < -0.3 is 5.73 Å². The summed E-state index contributed by atoms with van der Waals surface area (Å²) in [6, 6.07) is 3.16. The summed E-state index contributed by atoms with van der Waals surface area (Å²) in [4.78, 5) is 12.5. The number of alkyl halides is 3. The number of thiophene rings is 1. The third kappa shape index (κ3) is 3.96. The predicted molar refractivity (Wildman–Crippen MR) is 96.3 cm³/mol. The molecule has 1 unspecified atom stereocenters. The van der Waals surface area contributed by atoms with E-state index in [1.54, 1.807) is 0 Å². The Kier molecular flexibility index (Phi) is 4.98. The van der Waals surface area contributed by atoms with Crippen LogP contribution in [0.5, 0.6) is 0 Å². The van der Waals surface area contributed by atoms with Gasteiger partial charge in [-0.2, -0.15) is 13.2 Å². The Morgan fingerprint density at radius 3 is 2.44 bits per heavy atom. The molecule has 27 heavy (non-hydrogen) atoms. The molecule has 0 saturated carbocycles. The Labute approximate surface area is 158 Å². The molecule has 0 spiro atoms. The van der Waals surface area contributed by atoms with Crippen molar-refractivity contribution >= 4 is 32.3 Å². The number of hydrogen-bond donors (Lipinski definition) is 2. The Bertz CT molecular complexity index is 980. The number of benzene rings is 1. The van der Waals surface area contributed by atoms with E-state index in [9.17, 15) is 26.4 Å². The van der Waals surface area contributed by atoms with Gasteiger partial charge in [0.15, 0.2) is 0 Å². The first-order valence-corrected chi connectivity index (χ1v) is 10.4. The molecule has 3 rings (SSSR count). The van der Waals surface area contributed by atoms with E-state index in [1.165, 1.54) is 0 Å². The number of carbonyl (C=O) groups is 1. The van der Waals surface area contributed by atoms with Gasteiger partial charge in [-0.05, 0) is 55.0 Å². The molecule has 5 nitrogen and oxygen atoms in total. The first kappa shape index (κ1) is 19.7. The van der Waals surface area contributed by atoms with Crippen LogP contribution in [0.1, 0.15) is 39.7 Å². The molecule has 1 aromatic heterocycles. The van der Waals surface area contributed by atoms with Crippen molar-refractivity contribution in [3.8, 4) is 0 Å². The number of anilines is 1. The SMILES string of the molecule is CC1CCc2c(sc(NS(=O)(=O)c3ccc(C(F)(F)F)cc3)c2C(N)=O)C1. The highest BCUT2D eigenvalue weighted by Crippen LogP contribution is 2.40. The molecule has 1 heterocycles. The maximum Gasteiger partial charge on any atom is 0.416 e. The summed E-state index contributed by atoms with van der Waals surface area (Å²) in [6.07, 6.45) is -2.33. The van der Waals surface area contributed by atoms with Gasteiger partial charge in [-0.15, -0.1) is 11.3 Å². The molecule has 146 valence electrons. The van der Waals surface area contributed by atoms with Gasteiger partial charge in [-0.1, -0.05) is 6.92 Å². The predicted octanol–water partition coefficient (Wildman–Crippen LogP) is 3.79. The van der Waals surface area contributed by atoms with Crippen LogP contribution in [0.15, 0.2) is 29.2 Å². The molecule has 0 fully saturated rings. The third-order valence-corrected chi connectivity index (χ3v) is 7.14. The fourth-order valence-corrected chi connectivity index (χ4v) is 5.81. The average molecular weight is 418 g/mol. The third-order valence-electron chi connectivity index (χ3n) is 4.48. The van der Waals surface area contributed by atoms with E-state index in [0.717, 1.165) is 46.8 Å². The summed E-state index contributed by atoms with van der Waals surface area (Å²) in [7, 11) is -4.16. The van der Waals surface area contributed by atoms with Crippen molar-refractivity contribution in [2.45, 2.75) is 37.3 Å². The largest absolute Gasteiger partial charge is 0.416 e. The highest BCUT2D eigenvalue weighted by Gasteiger charge is 2.32. The van der Waals surface area contributed by atoms with E-state index in [0.29, 0.717) is 24.5 Å². The smallest absolute Gasteiger partial charge is 0.365 e. The molecule has 2 aromatic rings. The van der Waals surface area contributed by atoms with Crippen LogP contribution in [0.4, 0.5) is 18.2 Å². The summed E-state index contributed by atoms with van der Waals surface area (Å²) in [5, 5.41) is 0.112. The number of fused-ring (bicyclic) bond motifs is 1. The fraction of sp³-hybridized carbons (Fsp3) is 0.353. The van der Waals surface area contributed by atoms with Gasteiger partial charge in [0.05, 0.1) is 16.0 Å². The van der Waals surface area contributed by atoms with E-state index >= 15 is 0 Å². The van der Waals surface area contributed by atoms with E-state index in [4.69, 9.17) is 5.73 Å². The molecule has 3 N–H and O–H groups in total. The van der Waals surface area contributed by atoms with Crippen molar-refractivity contribution in [3.63, 3.8) is 0 Å². The molecule has 1 aliphatic rings. The number of amides is 1. The zero-order valence-corrected chi connectivity index (χ0v) is 15.9. The van der Waals surface area contributed by atoms with Crippen molar-refractivity contribution in [2.75, 3.05) is 4.72 Å². The number of nitrogens with one attached hydrogen (secondary N) is 1. The maximum atomic E-state index is 12.7. The zero-order chi connectivity index (χ0) is 20.0. The van der Waals surface area contributed by atoms with Crippen molar-refractivity contribution < 1.29 is 26.4 Å². The highest BCUT2D eigenvalue weighted by molar-refractivity contribution is 7.93. The number of nitrogens with two attached hydrogens (primary N) is 1. The van der Waals surface area contributed by atoms with Crippen LogP contribution in [0.25, 0.3) is 0 Å². The van der Waals surface area contributed by atoms with Gasteiger partial charge in [0.25, 0.3) is 15.9 Å². The summed E-state index contributed by atoms with van der Waals surface area (Å²) in [5.41, 5.74) is 5.42. The van der Waals surface area contributed by atoms with Crippen LogP contribution < -0.4 is 10.5 Å². The Morgan fingerprint density at radius 2 is 1.89 bits per heavy atom. The van der Waals surface area contributed by atoms with E-state index < -0.39 is 27.7 Å². The van der Waals surface area contributed by atoms with Crippen LogP contribution in [0.3, 0.4) is 0 Å². The lowest BCUT2D eigenvalue weighted by molar-refractivity contribution is -0.137. The topological polar surface area (TPSA) is 89.3 Å². The second-order valence-electron chi connectivity index (χ2n) is 6.55. The molecular weight excluding hydrogens is 401 g/mol. The minimum absolute atomic E-state index is 0.112. The Morgan fingerprint density at radius 1 is 1.26 bits per heavy atom. The number of sulfonamides is 1. The fourth-order valence-electron chi connectivity index (χ4n) is 3.09. The van der Waals surface area contributed by atoms with Crippen LogP contribution in [-0.4, -0.2) is 14.3 Å². The average Bonchev–Trinajstić information content (AvgIpc) is 2.90. The van der Waals surface area contributed by atoms with Gasteiger partial charge in [-0.3, -0.25) is 9.52 Å². The monoisotopic (exact) mass is 418 g/mol. The number of rotatable bonds is 4. The van der Waals surface area contributed by atoms with Crippen LogP contribution in [0.2, 0.25) is 0 Å². The summed E-state index contributed by atoms with van der Waals surface area (Å²) >= 11 is 1.15. The van der Waals surface area contributed by atoms with Crippen molar-refractivity contribution in [3.05, 3.63) is 45.8 Å². The normalized spacial score (nSPS) is 17.4. The molecule has 1 aliphatic carbocycles. The summed E-state index contributed by atoms with van der Waals surface area (Å²) < 4.78 is 65.4. The van der Waals surface area contributed by atoms with Gasteiger partial charge in [0.2, 0.25) is 0 Å². The van der Waals surface area contributed by atoms with Gasteiger partial charge >= 0.3 is 6.18 Å². The van der Waals surface area contributed by atoms with Crippen molar-refractivity contribution in [1.82, 2.24) is 0 Å². The van der Waals surface area contributed by atoms with Crippen molar-refractivity contribution in [2.24, 2.45) is 11.7 Å². The molecule has 1 amide bonds. The molecule has 0 aliphatic heterocycles. The number of primary amides is 1. The summed E-state index contributed by atoms with van der Waals surface area (Å²) in [5.74, 6) is -0.316. The number of halogens is 3. The second-order valence-corrected chi connectivity index (χ2v) is 9.34. The lowest BCUT2D eigenvalue weighted by Crippen LogP contribution is -2.19. The Hall–Kier alpha value is -2.07. The lowest BCUT2D eigenvalue weighted by Gasteiger charge is -2.18. The van der Waals surface area contributed by atoms with E-state index in [-0.39, 0.29) is 15.5 Å². The molecule has 0 radical (unpaired) electrons. The Balaban J connectivity index is 1.95. The minimum atomic E-state index is -4.56. The minimum Gasteiger partial charge on any atom is -0.365 e. The zero-order valence-electron chi connectivity index (χ0n) is 14.3. The second kappa shape index (κ2) is 6.83. The highest BCUT2D eigenvalue weighted by atomic mass is 32.2. The quantitative estimate of drug-likeness (QED) is 0.792. The molecule has 1 aromatic carbocycles. The molecule has 0 saturated heterocycles. The first-order valence-electron chi connectivity index (χ1n) is 8.13. The molecular formula is C17H17F3N2O3S2. The van der Waals surface area contributed by atoms with E-state index in [2.05, 4.69) is 11.6 Å². The molecule has 0 bridgehead atoms.